The van der Waals surface area contributed by atoms with Crippen LogP contribution in [0, 0.1) is 0 Å². The maximum atomic E-state index is 11.1. The van der Waals surface area contributed by atoms with Crippen LogP contribution in [-0.2, 0) is 0 Å². The average Bonchev–Trinajstić information content (AvgIpc) is 2.87. The first kappa shape index (κ1) is 12.2. The third kappa shape index (κ3) is 2.20. The van der Waals surface area contributed by atoms with Gasteiger partial charge in [-0.2, -0.15) is 0 Å². The zero-order valence-corrected chi connectivity index (χ0v) is 10.4. The molecule has 18 heavy (non-hydrogen) atoms. The number of carbonyl (C=O) groups excluding carboxylic acids is 1. The van der Waals surface area contributed by atoms with E-state index in [0.29, 0.717) is 17.2 Å². The number of hydrogen-bond acceptors (Lipinski definition) is 5. The van der Waals surface area contributed by atoms with E-state index in [-0.39, 0.29) is 11.5 Å². The van der Waals surface area contributed by atoms with Crippen molar-refractivity contribution in [2.24, 2.45) is 0 Å². The van der Waals surface area contributed by atoms with Crippen molar-refractivity contribution in [1.82, 2.24) is 5.16 Å². The Labute approximate surface area is 104 Å². The molecule has 2 rings (SSSR count). The fraction of sp³-hybridized carbons (Fsp3) is 0.231. The van der Waals surface area contributed by atoms with Gasteiger partial charge in [0.05, 0.1) is 14.2 Å². The van der Waals surface area contributed by atoms with Gasteiger partial charge in [-0.25, -0.2) is 0 Å². The van der Waals surface area contributed by atoms with Crippen LogP contribution in [0.1, 0.15) is 17.5 Å². The Hall–Kier alpha value is -2.30. The van der Waals surface area contributed by atoms with Crippen molar-refractivity contribution in [2.75, 3.05) is 14.2 Å². The maximum Gasteiger partial charge on any atom is 0.202 e. The molecule has 1 aromatic carbocycles. The second-order valence-electron chi connectivity index (χ2n) is 3.70. The largest absolute Gasteiger partial charge is 0.493 e. The summed E-state index contributed by atoms with van der Waals surface area (Å²) in [6.45, 7) is 1.43. The highest BCUT2D eigenvalue weighted by atomic mass is 16.5. The van der Waals surface area contributed by atoms with Gasteiger partial charge >= 0.3 is 0 Å². The number of ether oxygens (including phenoxy) is 2. The Kier molecular flexibility index (Phi) is 3.32. The molecule has 2 aromatic rings. The van der Waals surface area contributed by atoms with Crippen LogP contribution in [0.4, 0.5) is 0 Å². The van der Waals surface area contributed by atoms with E-state index < -0.39 is 0 Å². The van der Waals surface area contributed by atoms with E-state index in [1.54, 1.807) is 32.4 Å². The van der Waals surface area contributed by atoms with Crippen LogP contribution in [0.25, 0.3) is 11.3 Å². The van der Waals surface area contributed by atoms with E-state index in [1.807, 2.05) is 6.07 Å². The number of nitrogens with zero attached hydrogens (tertiary/aromatic N) is 1. The topological polar surface area (TPSA) is 61.6 Å². The van der Waals surface area contributed by atoms with Crippen LogP contribution in [-0.4, -0.2) is 25.2 Å². The Balaban J connectivity index is 2.41. The van der Waals surface area contributed by atoms with E-state index >= 15 is 0 Å². The molecule has 0 fully saturated rings. The molecule has 1 heterocycles. The fourth-order valence-electron chi connectivity index (χ4n) is 1.57. The molecule has 0 aliphatic carbocycles. The van der Waals surface area contributed by atoms with Crippen LogP contribution in [0.5, 0.6) is 11.5 Å². The summed E-state index contributed by atoms with van der Waals surface area (Å²) in [4.78, 5) is 11.1. The third-order valence-electron chi connectivity index (χ3n) is 2.54. The lowest BCUT2D eigenvalue weighted by molar-refractivity contribution is 0.0978. The summed E-state index contributed by atoms with van der Waals surface area (Å²) in [5, 5.41) is 3.85. The predicted molar refractivity (Wildman–Crippen MR) is 65.0 cm³/mol. The van der Waals surface area contributed by atoms with Gasteiger partial charge in [0.2, 0.25) is 5.76 Å². The van der Waals surface area contributed by atoms with Gasteiger partial charge in [-0.05, 0) is 18.2 Å². The molecule has 5 nitrogen and oxygen atoms in total. The molecule has 1 aromatic heterocycles. The Morgan fingerprint density at radius 1 is 1.17 bits per heavy atom. The zero-order chi connectivity index (χ0) is 13.1. The molecule has 0 saturated heterocycles. The number of ketones is 1. The van der Waals surface area contributed by atoms with E-state index in [0.717, 1.165) is 5.56 Å². The minimum atomic E-state index is -0.158. The molecule has 0 unspecified atom stereocenters. The van der Waals surface area contributed by atoms with E-state index in [1.165, 1.54) is 6.92 Å². The van der Waals surface area contributed by atoms with Crippen LogP contribution in [0.15, 0.2) is 28.8 Å². The normalized spacial score (nSPS) is 10.2. The highest BCUT2D eigenvalue weighted by Gasteiger charge is 2.12. The molecule has 0 atom stereocenters. The number of Topliss-reactive ketones (excluding diaryl/α,β-unsaturated/α-hetero) is 1. The maximum absolute atomic E-state index is 11.1. The molecule has 0 radical (unpaired) electrons. The Morgan fingerprint density at radius 3 is 2.44 bits per heavy atom. The number of hydrogen-bond donors (Lipinski definition) is 0. The lowest BCUT2D eigenvalue weighted by Crippen LogP contribution is -1.90. The number of benzene rings is 1. The summed E-state index contributed by atoms with van der Waals surface area (Å²) >= 11 is 0. The molecular weight excluding hydrogens is 234 g/mol. The van der Waals surface area contributed by atoms with E-state index in [2.05, 4.69) is 5.16 Å². The molecular formula is C13H13NO4. The van der Waals surface area contributed by atoms with Gasteiger partial charge in [0, 0.05) is 18.6 Å². The van der Waals surface area contributed by atoms with Gasteiger partial charge in [0.25, 0.3) is 0 Å². The number of carbonyl (C=O) groups is 1. The summed E-state index contributed by atoms with van der Waals surface area (Å²) in [5.74, 6) is 1.31. The van der Waals surface area contributed by atoms with Crippen molar-refractivity contribution in [3.05, 3.63) is 30.0 Å². The SMILES string of the molecule is COc1ccc(-c2cc(C(C)=O)on2)cc1OC. The third-order valence-corrected chi connectivity index (χ3v) is 2.54. The average molecular weight is 247 g/mol. The first-order valence-corrected chi connectivity index (χ1v) is 5.35. The summed E-state index contributed by atoms with van der Waals surface area (Å²) < 4.78 is 15.3. The molecule has 0 amide bonds. The smallest absolute Gasteiger partial charge is 0.202 e. The van der Waals surface area contributed by atoms with Gasteiger partial charge in [0.15, 0.2) is 17.3 Å². The lowest BCUT2D eigenvalue weighted by Gasteiger charge is -2.07. The van der Waals surface area contributed by atoms with Crippen LogP contribution in [0.3, 0.4) is 0 Å². The van der Waals surface area contributed by atoms with Crippen LogP contribution < -0.4 is 9.47 Å². The quantitative estimate of drug-likeness (QED) is 0.777. The van der Waals surface area contributed by atoms with Gasteiger partial charge in [-0.1, -0.05) is 5.16 Å². The summed E-state index contributed by atoms with van der Waals surface area (Å²) in [5.41, 5.74) is 1.38. The van der Waals surface area contributed by atoms with Gasteiger partial charge in [0.1, 0.15) is 5.69 Å². The molecule has 0 aliphatic heterocycles. The van der Waals surface area contributed by atoms with Gasteiger partial charge < -0.3 is 14.0 Å². The zero-order valence-electron chi connectivity index (χ0n) is 10.4. The van der Waals surface area contributed by atoms with Crippen molar-refractivity contribution in [3.63, 3.8) is 0 Å². The molecule has 5 heteroatoms. The van der Waals surface area contributed by atoms with Gasteiger partial charge in [-0.15, -0.1) is 0 Å². The highest BCUT2D eigenvalue weighted by molar-refractivity contribution is 5.92. The minimum absolute atomic E-state index is 0.158. The predicted octanol–water partition coefficient (Wildman–Crippen LogP) is 2.56. The van der Waals surface area contributed by atoms with E-state index in [4.69, 9.17) is 14.0 Å². The Bertz CT molecular complexity index is 574. The van der Waals surface area contributed by atoms with Gasteiger partial charge in [-0.3, -0.25) is 4.79 Å². The van der Waals surface area contributed by atoms with Crippen LogP contribution >= 0.6 is 0 Å². The van der Waals surface area contributed by atoms with Crippen LogP contribution in [0.2, 0.25) is 0 Å². The molecule has 94 valence electrons. The monoisotopic (exact) mass is 247 g/mol. The first-order chi connectivity index (χ1) is 8.65. The number of aromatic nitrogens is 1. The summed E-state index contributed by atoms with van der Waals surface area (Å²) in [6.07, 6.45) is 0. The van der Waals surface area contributed by atoms with Crippen molar-refractivity contribution < 1.29 is 18.8 Å². The summed E-state index contributed by atoms with van der Waals surface area (Å²) in [6, 6.07) is 6.98. The number of methoxy groups -OCH3 is 2. The Morgan fingerprint density at radius 2 is 1.89 bits per heavy atom. The fourth-order valence-corrected chi connectivity index (χ4v) is 1.57. The van der Waals surface area contributed by atoms with Crippen molar-refractivity contribution in [1.29, 1.82) is 0 Å². The van der Waals surface area contributed by atoms with E-state index in [9.17, 15) is 4.79 Å². The molecule has 0 aliphatic rings. The summed E-state index contributed by atoms with van der Waals surface area (Å²) in [7, 11) is 3.13. The first-order valence-electron chi connectivity index (χ1n) is 5.35. The highest BCUT2D eigenvalue weighted by Crippen LogP contribution is 2.31. The van der Waals surface area contributed by atoms with Crippen molar-refractivity contribution >= 4 is 5.78 Å². The second-order valence-corrected chi connectivity index (χ2v) is 3.70. The van der Waals surface area contributed by atoms with Crippen molar-refractivity contribution in [3.8, 4) is 22.8 Å². The standard InChI is InChI=1S/C13H13NO4/c1-8(15)12-7-10(14-18-12)9-4-5-11(16-2)13(6-9)17-3/h4-7H,1-3H3. The molecule has 0 N–H and O–H groups in total. The van der Waals surface area contributed by atoms with Crippen molar-refractivity contribution in [2.45, 2.75) is 6.92 Å². The molecule has 0 saturated carbocycles. The molecule has 0 spiro atoms. The second kappa shape index (κ2) is 4.91. The minimum Gasteiger partial charge on any atom is -0.493 e. The number of rotatable bonds is 4. The molecule has 0 bridgehead atoms. The lowest BCUT2D eigenvalue weighted by atomic mass is 10.1.